The second-order valence-electron chi connectivity index (χ2n) is 5.45. The molecule has 1 aromatic carbocycles. The molecule has 0 aromatic heterocycles. The molecule has 0 bridgehead atoms. The van der Waals surface area contributed by atoms with Crippen molar-refractivity contribution in [2.24, 2.45) is 0 Å². The number of hydrogen-bond donors (Lipinski definition) is 2. The Labute approximate surface area is 117 Å². The molecule has 1 fully saturated rings. The van der Waals surface area contributed by atoms with E-state index >= 15 is 0 Å². The number of para-hydroxylation sites is 1. The second-order valence-corrected chi connectivity index (χ2v) is 5.45. The van der Waals surface area contributed by atoms with Crippen molar-refractivity contribution in [2.45, 2.75) is 31.2 Å². The van der Waals surface area contributed by atoms with Gasteiger partial charge in [0.2, 0.25) is 5.91 Å². The first-order valence-electron chi connectivity index (χ1n) is 7.02. The number of amides is 1. The minimum absolute atomic E-state index is 0.0683. The maximum atomic E-state index is 12.6. The molecule has 2 aliphatic heterocycles. The predicted molar refractivity (Wildman–Crippen MR) is 74.8 cm³/mol. The maximum Gasteiger partial charge on any atom is 0.304 e. The predicted octanol–water partition coefficient (Wildman–Crippen LogP) is 1.34. The first kappa shape index (κ1) is 13.1. The van der Waals surface area contributed by atoms with Crippen LogP contribution in [0.2, 0.25) is 0 Å². The molecule has 2 aliphatic rings. The summed E-state index contributed by atoms with van der Waals surface area (Å²) in [5, 5.41) is 12.2. The Kier molecular flexibility index (Phi) is 3.44. The Balaban J connectivity index is 1.86. The van der Waals surface area contributed by atoms with Crippen LogP contribution in [0.4, 0.5) is 5.69 Å². The highest BCUT2D eigenvalue weighted by Crippen LogP contribution is 2.38. The number of aliphatic carboxylic acids is 1. The van der Waals surface area contributed by atoms with Crippen LogP contribution < -0.4 is 10.2 Å². The zero-order chi connectivity index (χ0) is 14.1. The van der Waals surface area contributed by atoms with Crippen molar-refractivity contribution in [3.63, 3.8) is 0 Å². The fourth-order valence-electron chi connectivity index (χ4n) is 3.17. The smallest absolute Gasteiger partial charge is 0.304 e. The van der Waals surface area contributed by atoms with Crippen LogP contribution in [-0.2, 0) is 9.59 Å². The number of carboxylic acids is 1. The summed E-state index contributed by atoms with van der Waals surface area (Å²) in [5.41, 5.74) is 1.85. The zero-order valence-electron chi connectivity index (χ0n) is 11.2. The van der Waals surface area contributed by atoms with Gasteiger partial charge >= 0.3 is 5.97 Å². The Morgan fingerprint density at radius 2 is 2.15 bits per heavy atom. The van der Waals surface area contributed by atoms with Crippen LogP contribution in [0.25, 0.3) is 0 Å². The Morgan fingerprint density at radius 1 is 1.35 bits per heavy atom. The number of rotatable bonds is 3. The minimum Gasteiger partial charge on any atom is -0.481 e. The molecule has 0 radical (unpaired) electrons. The fourth-order valence-corrected chi connectivity index (χ4v) is 3.17. The van der Waals surface area contributed by atoms with E-state index in [1.54, 1.807) is 4.90 Å². The lowest BCUT2D eigenvalue weighted by Gasteiger charge is -2.21. The van der Waals surface area contributed by atoms with Crippen molar-refractivity contribution in [3.8, 4) is 0 Å². The van der Waals surface area contributed by atoms with Crippen LogP contribution in [-0.4, -0.2) is 36.1 Å². The van der Waals surface area contributed by atoms with E-state index in [1.165, 1.54) is 0 Å². The van der Waals surface area contributed by atoms with Crippen LogP contribution in [0.3, 0.4) is 0 Å². The number of nitrogens with zero attached hydrogens (tertiary/aromatic N) is 1. The standard InChI is InChI=1S/C15H18N2O3/c18-14(19)8-10-9-17(13-6-2-1-4-11(10)13)15(20)12-5-3-7-16-12/h1-2,4,6,10,12,16H,3,5,7-9H2,(H,18,19)/t10?,12-/m1/s1. The number of anilines is 1. The highest BCUT2D eigenvalue weighted by molar-refractivity contribution is 5.99. The molecule has 2 atom stereocenters. The minimum atomic E-state index is -0.821. The van der Waals surface area contributed by atoms with Gasteiger partial charge in [0.05, 0.1) is 12.5 Å². The van der Waals surface area contributed by atoms with E-state index in [0.29, 0.717) is 6.54 Å². The van der Waals surface area contributed by atoms with Crippen molar-refractivity contribution >= 4 is 17.6 Å². The molecule has 5 heteroatoms. The third kappa shape index (κ3) is 2.29. The van der Waals surface area contributed by atoms with Gasteiger partial charge < -0.3 is 15.3 Å². The third-order valence-electron chi connectivity index (χ3n) is 4.12. The maximum absolute atomic E-state index is 12.6. The zero-order valence-corrected chi connectivity index (χ0v) is 11.2. The quantitative estimate of drug-likeness (QED) is 0.872. The van der Waals surface area contributed by atoms with Gasteiger partial charge in [0.1, 0.15) is 0 Å². The topological polar surface area (TPSA) is 69.6 Å². The number of hydrogen-bond acceptors (Lipinski definition) is 3. The first-order chi connectivity index (χ1) is 9.66. The highest BCUT2D eigenvalue weighted by atomic mass is 16.4. The average Bonchev–Trinajstić information content (AvgIpc) is 3.06. The molecular formula is C15H18N2O3. The first-order valence-corrected chi connectivity index (χ1v) is 7.02. The molecule has 0 aliphatic carbocycles. The second kappa shape index (κ2) is 5.25. The number of nitrogens with one attached hydrogen (secondary N) is 1. The van der Waals surface area contributed by atoms with Crippen molar-refractivity contribution in [3.05, 3.63) is 29.8 Å². The van der Waals surface area contributed by atoms with E-state index < -0.39 is 5.97 Å². The van der Waals surface area contributed by atoms with Crippen LogP contribution >= 0.6 is 0 Å². The molecule has 0 spiro atoms. The highest BCUT2D eigenvalue weighted by Gasteiger charge is 2.36. The van der Waals surface area contributed by atoms with Gasteiger partial charge in [-0.2, -0.15) is 0 Å². The molecule has 2 heterocycles. The van der Waals surface area contributed by atoms with E-state index in [1.807, 2.05) is 24.3 Å². The molecule has 1 aromatic rings. The molecular weight excluding hydrogens is 256 g/mol. The summed E-state index contributed by atoms with van der Waals surface area (Å²) in [6.45, 7) is 1.35. The van der Waals surface area contributed by atoms with Crippen LogP contribution in [0.5, 0.6) is 0 Å². The monoisotopic (exact) mass is 274 g/mol. The summed E-state index contributed by atoms with van der Waals surface area (Å²) in [6.07, 6.45) is 1.95. The van der Waals surface area contributed by atoms with Gasteiger partial charge in [0.25, 0.3) is 0 Å². The molecule has 3 rings (SSSR count). The van der Waals surface area contributed by atoms with Crippen molar-refractivity contribution in [2.75, 3.05) is 18.0 Å². The lowest BCUT2D eigenvalue weighted by Crippen LogP contribution is -2.43. The normalized spacial score (nSPS) is 24.7. The third-order valence-corrected chi connectivity index (χ3v) is 4.12. The molecule has 106 valence electrons. The van der Waals surface area contributed by atoms with Crippen molar-refractivity contribution in [1.29, 1.82) is 0 Å². The number of fused-ring (bicyclic) bond motifs is 1. The van der Waals surface area contributed by atoms with Gasteiger partial charge in [-0.3, -0.25) is 9.59 Å². The van der Waals surface area contributed by atoms with E-state index in [2.05, 4.69) is 5.32 Å². The van der Waals surface area contributed by atoms with E-state index in [-0.39, 0.29) is 24.3 Å². The molecule has 20 heavy (non-hydrogen) atoms. The van der Waals surface area contributed by atoms with E-state index in [4.69, 9.17) is 5.11 Å². The molecule has 1 unspecified atom stereocenters. The van der Waals surface area contributed by atoms with Gasteiger partial charge in [-0.15, -0.1) is 0 Å². The fraction of sp³-hybridized carbons (Fsp3) is 0.467. The molecule has 0 saturated carbocycles. The number of carboxylic acid groups (broad SMARTS) is 1. The van der Waals surface area contributed by atoms with Crippen LogP contribution in [0.15, 0.2) is 24.3 Å². The summed E-state index contributed by atoms with van der Waals surface area (Å²) >= 11 is 0. The van der Waals surface area contributed by atoms with Crippen molar-refractivity contribution in [1.82, 2.24) is 5.32 Å². The van der Waals surface area contributed by atoms with Crippen molar-refractivity contribution < 1.29 is 14.7 Å². The van der Waals surface area contributed by atoms with Crippen LogP contribution in [0, 0.1) is 0 Å². The van der Waals surface area contributed by atoms with E-state index in [0.717, 1.165) is 30.6 Å². The van der Waals surface area contributed by atoms with Crippen LogP contribution in [0.1, 0.15) is 30.7 Å². The summed E-state index contributed by atoms with van der Waals surface area (Å²) < 4.78 is 0. The van der Waals surface area contributed by atoms with Gasteiger partial charge in [-0.1, -0.05) is 18.2 Å². The average molecular weight is 274 g/mol. The number of carbonyl (C=O) groups is 2. The summed E-state index contributed by atoms with van der Waals surface area (Å²) in [6, 6.07) is 7.51. The molecule has 5 nitrogen and oxygen atoms in total. The molecule has 1 amide bonds. The lowest BCUT2D eigenvalue weighted by molar-refractivity contribution is -0.137. The Morgan fingerprint density at radius 3 is 2.85 bits per heavy atom. The van der Waals surface area contributed by atoms with Gasteiger partial charge in [-0.25, -0.2) is 0 Å². The summed E-state index contributed by atoms with van der Waals surface area (Å²) in [7, 11) is 0. The number of carbonyl (C=O) groups excluding carboxylic acids is 1. The number of benzene rings is 1. The lowest BCUT2D eigenvalue weighted by atomic mass is 9.98. The van der Waals surface area contributed by atoms with Gasteiger partial charge in [0.15, 0.2) is 0 Å². The van der Waals surface area contributed by atoms with Gasteiger partial charge in [0, 0.05) is 18.2 Å². The molecule has 1 saturated heterocycles. The Bertz CT molecular complexity index is 538. The van der Waals surface area contributed by atoms with E-state index in [9.17, 15) is 9.59 Å². The SMILES string of the molecule is O=C(O)CC1CN(C(=O)[C@H]2CCCN2)c2ccccc21. The Hall–Kier alpha value is -1.88. The molecule has 2 N–H and O–H groups in total. The largest absolute Gasteiger partial charge is 0.481 e. The van der Waals surface area contributed by atoms with Gasteiger partial charge in [-0.05, 0) is 31.0 Å². The summed E-state index contributed by atoms with van der Waals surface area (Å²) in [5.74, 6) is -0.852. The summed E-state index contributed by atoms with van der Waals surface area (Å²) in [4.78, 5) is 25.3.